The lowest BCUT2D eigenvalue weighted by atomic mass is 9.85. The fraction of sp³-hybridized carbons (Fsp3) is 0.700. The maximum absolute atomic E-state index is 13.1. The number of hydrogen-bond acceptors (Lipinski definition) is 4. The van der Waals surface area contributed by atoms with Crippen LogP contribution < -0.4 is 5.43 Å². The number of methoxy groups -OCH3 is 1. The van der Waals surface area contributed by atoms with Crippen molar-refractivity contribution in [2.75, 3.05) is 7.11 Å². The Bertz CT molecular complexity index is 396. The Hall–Kier alpha value is -1.44. The number of nitrogens with zero attached hydrogens (tertiary/aromatic N) is 1. The van der Waals surface area contributed by atoms with Gasteiger partial charge in [0.1, 0.15) is 0 Å². The van der Waals surface area contributed by atoms with Gasteiger partial charge in [0.15, 0.2) is 0 Å². The van der Waals surface area contributed by atoms with E-state index in [1.165, 1.54) is 0 Å². The van der Waals surface area contributed by atoms with Crippen LogP contribution in [0.3, 0.4) is 0 Å². The minimum atomic E-state index is -4.97. The van der Waals surface area contributed by atoms with Gasteiger partial charge in [0.25, 0.3) is 5.72 Å². The molecule has 2 aliphatic rings. The van der Waals surface area contributed by atoms with Crippen LogP contribution >= 0.6 is 0 Å². The fourth-order valence-electron chi connectivity index (χ4n) is 2.39. The first kappa shape index (κ1) is 13.0. The molecule has 1 aliphatic carbocycles. The average Bonchev–Trinajstić information content (AvgIpc) is 2.63. The molecule has 2 N–H and O–H groups in total. The molecule has 1 amide bonds. The first-order valence-corrected chi connectivity index (χ1v) is 5.46. The van der Waals surface area contributed by atoms with Crippen molar-refractivity contribution in [3.8, 4) is 0 Å². The Morgan fingerprint density at radius 2 is 2.33 bits per heavy atom. The number of fused-ring (bicyclic) bond motifs is 1. The number of carbonyl (C=O) groups is 1. The summed E-state index contributed by atoms with van der Waals surface area (Å²) in [5, 5.41) is 10.1. The molecule has 2 atom stereocenters. The van der Waals surface area contributed by atoms with E-state index in [-0.39, 0.29) is 17.1 Å². The Morgan fingerprint density at radius 1 is 1.67 bits per heavy atom. The molecule has 5 nitrogen and oxygen atoms in total. The van der Waals surface area contributed by atoms with Gasteiger partial charge in [-0.3, -0.25) is 5.43 Å². The van der Waals surface area contributed by atoms with E-state index in [1.54, 1.807) is 6.08 Å². The highest BCUT2D eigenvalue weighted by Crippen LogP contribution is 2.48. The zero-order valence-electron chi connectivity index (χ0n) is 9.62. The smallest absolute Gasteiger partial charge is 0.439 e. The van der Waals surface area contributed by atoms with E-state index >= 15 is 0 Å². The molecule has 102 valence electrons. The van der Waals surface area contributed by atoms with E-state index in [2.05, 4.69) is 10.2 Å². The van der Waals surface area contributed by atoms with Crippen LogP contribution in [0.4, 0.5) is 18.0 Å². The summed E-state index contributed by atoms with van der Waals surface area (Å²) >= 11 is 0. The second-order valence-electron chi connectivity index (χ2n) is 4.28. The fourth-order valence-corrected chi connectivity index (χ4v) is 2.39. The molecule has 8 heteroatoms. The molecular weight excluding hydrogens is 253 g/mol. The van der Waals surface area contributed by atoms with Gasteiger partial charge >= 0.3 is 12.3 Å². The largest absolute Gasteiger partial charge is 0.451 e. The Kier molecular flexibility index (Phi) is 2.92. The van der Waals surface area contributed by atoms with E-state index in [4.69, 9.17) is 0 Å². The van der Waals surface area contributed by atoms with Crippen molar-refractivity contribution in [1.82, 2.24) is 10.4 Å². The SMILES string of the molecule is COC(=O)N1NC2=CCCCC2C1(O)C(F)(F)F. The highest BCUT2D eigenvalue weighted by atomic mass is 19.4. The molecule has 0 bridgehead atoms. The third kappa shape index (κ3) is 1.63. The molecule has 0 saturated carbocycles. The molecule has 0 aromatic heterocycles. The van der Waals surface area contributed by atoms with Crippen LogP contribution in [0.2, 0.25) is 0 Å². The van der Waals surface area contributed by atoms with Crippen molar-refractivity contribution < 1.29 is 27.8 Å². The monoisotopic (exact) mass is 266 g/mol. The van der Waals surface area contributed by atoms with Gasteiger partial charge in [-0.05, 0) is 19.3 Å². The molecule has 1 saturated heterocycles. The number of hydrogen-bond donors (Lipinski definition) is 2. The van der Waals surface area contributed by atoms with E-state index in [0.717, 1.165) is 7.11 Å². The molecule has 0 spiro atoms. The van der Waals surface area contributed by atoms with Crippen LogP contribution in [-0.4, -0.2) is 35.2 Å². The lowest BCUT2D eigenvalue weighted by molar-refractivity contribution is -0.316. The summed E-state index contributed by atoms with van der Waals surface area (Å²) in [5.74, 6) is -1.19. The van der Waals surface area contributed by atoms with Gasteiger partial charge in [0.05, 0.1) is 13.0 Å². The number of carbonyl (C=O) groups excluding carboxylic acids is 1. The van der Waals surface area contributed by atoms with Crippen molar-refractivity contribution in [2.45, 2.75) is 31.2 Å². The Balaban J connectivity index is 2.45. The van der Waals surface area contributed by atoms with Crippen molar-refractivity contribution in [3.05, 3.63) is 11.8 Å². The maximum Gasteiger partial charge on any atom is 0.439 e. The summed E-state index contributed by atoms with van der Waals surface area (Å²) < 4.78 is 43.6. The lowest BCUT2D eigenvalue weighted by Crippen LogP contribution is -2.62. The molecule has 1 fully saturated rings. The van der Waals surface area contributed by atoms with Crippen molar-refractivity contribution in [3.63, 3.8) is 0 Å². The number of nitrogens with one attached hydrogen (secondary N) is 1. The first-order chi connectivity index (χ1) is 8.32. The molecule has 18 heavy (non-hydrogen) atoms. The number of alkyl halides is 3. The van der Waals surface area contributed by atoms with Gasteiger partial charge in [-0.1, -0.05) is 6.08 Å². The van der Waals surface area contributed by atoms with Crippen molar-refractivity contribution >= 4 is 6.09 Å². The molecule has 2 rings (SSSR count). The van der Waals surface area contributed by atoms with Gasteiger partial charge in [-0.15, -0.1) is 0 Å². The van der Waals surface area contributed by atoms with Gasteiger partial charge in [0.2, 0.25) is 0 Å². The van der Waals surface area contributed by atoms with Gasteiger partial charge in [0, 0.05) is 5.70 Å². The zero-order chi connectivity index (χ0) is 13.6. The molecule has 0 aromatic carbocycles. The molecule has 2 unspecified atom stereocenters. The predicted molar refractivity (Wildman–Crippen MR) is 53.8 cm³/mol. The topological polar surface area (TPSA) is 61.8 Å². The molecule has 0 aromatic rings. The maximum atomic E-state index is 13.1. The van der Waals surface area contributed by atoms with Crippen molar-refractivity contribution in [1.29, 1.82) is 0 Å². The summed E-state index contributed by atoms with van der Waals surface area (Å²) in [7, 11) is 0.956. The number of aliphatic hydroxyl groups is 1. The van der Waals surface area contributed by atoms with Crippen LogP contribution in [0.25, 0.3) is 0 Å². The van der Waals surface area contributed by atoms with Gasteiger partial charge in [-0.25, -0.2) is 4.79 Å². The summed E-state index contributed by atoms with van der Waals surface area (Å²) in [6.07, 6.45) is -3.38. The van der Waals surface area contributed by atoms with Gasteiger partial charge < -0.3 is 9.84 Å². The number of hydrazine groups is 1. The number of amides is 1. The summed E-state index contributed by atoms with van der Waals surface area (Å²) in [6, 6.07) is 0. The number of allylic oxidation sites excluding steroid dienone is 1. The highest BCUT2D eigenvalue weighted by Gasteiger charge is 2.69. The van der Waals surface area contributed by atoms with E-state index in [0.29, 0.717) is 12.8 Å². The second-order valence-corrected chi connectivity index (χ2v) is 4.28. The standard InChI is InChI=1S/C10H13F3N2O3/c1-18-8(16)15-9(17,10(11,12)13)6-4-2-3-5-7(6)14-15/h5-6,14,17H,2-4H2,1H3. The van der Waals surface area contributed by atoms with Crippen LogP contribution in [-0.2, 0) is 4.74 Å². The van der Waals surface area contributed by atoms with Crippen LogP contribution in [0, 0.1) is 5.92 Å². The predicted octanol–water partition coefficient (Wildman–Crippen LogP) is 1.51. The van der Waals surface area contributed by atoms with Crippen molar-refractivity contribution in [2.24, 2.45) is 5.92 Å². The van der Waals surface area contributed by atoms with Gasteiger partial charge in [-0.2, -0.15) is 18.2 Å². The normalized spacial score (nSPS) is 31.5. The molecule has 0 radical (unpaired) electrons. The highest BCUT2D eigenvalue weighted by molar-refractivity contribution is 5.69. The second kappa shape index (κ2) is 4.04. The lowest BCUT2D eigenvalue weighted by Gasteiger charge is -2.36. The first-order valence-electron chi connectivity index (χ1n) is 5.46. The van der Waals surface area contributed by atoms with Crippen LogP contribution in [0.5, 0.6) is 0 Å². The number of ether oxygens (including phenoxy) is 1. The third-order valence-electron chi connectivity index (χ3n) is 3.28. The van der Waals surface area contributed by atoms with E-state index in [1.807, 2.05) is 0 Å². The third-order valence-corrected chi connectivity index (χ3v) is 3.28. The summed E-state index contributed by atoms with van der Waals surface area (Å²) in [5.41, 5.74) is -0.753. The summed E-state index contributed by atoms with van der Waals surface area (Å²) in [6.45, 7) is 0. The quantitative estimate of drug-likeness (QED) is 0.697. The minimum absolute atomic E-state index is 0.120. The molecular formula is C10H13F3N2O3. The average molecular weight is 266 g/mol. The number of halogens is 3. The summed E-state index contributed by atoms with van der Waals surface area (Å²) in [4.78, 5) is 11.4. The molecule has 1 aliphatic heterocycles. The van der Waals surface area contributed by atoms with Crippen LogP contribution in [0.1, 0.15) is 19.3 Å². The zero-order valence-corrected chi connectivity index (χ0v) is 9.62. The van der Waals surface area contributed by atoms with E-state index in [9.17, 15) is 23.1 Å². The van der Waals surface area contributed by atoms with Crippen LogP contribution in [0.15, 0.2) is 11.8 Å². The van der Waals surface area contributed by atoms with E-state index < -0.39 is 23.9 Å². The Labute approximate surface area is 101 Å². The number of rotatable bonds is 0. The minimum Gasteiger partial charge on any atom is -0.451 e. The molecule has 1 heterocycles. The Morgan fingerprint density at radius 3 is 2.89 bits per heavy atom.